The van der Waals surface area contributed by atoms with Crippen molar-refractivity contribution in [1.82, 2.24) is 15.1 Å². The Labute approximate surface area is 125 Å². The first-order valence-electron chi connectivity index (χ1n) is 6.42. The number of ether oxygens (including phenoxy) is 1. The van der Waals surface area contributed by atoms with Crippen LogP contribution in [0, 0.1) is 0 Å². The number of pyridine rings is 1. The number of hydrogen-bond donors (Lipinski definition) is 1. The fourth-order valence-corrected chi connectivity index (χ4v) is 1.92. The van der Waals surface area contributed by atoms with Crippen molar-refractivity contribution in [2.75, 3.05) is 7.11 Å². The first-order valence-corrected chi connectivity index (χ1v) is 6.42. The van der Waals surface area contributed by atoms with Gasteiger partial charge in [-0.2, -0.15) is 4.98 Å². The average molecular weight is 296 g/mol. The molecule has 0 aliphatic carbocycles. The van der Waals surface area contributed by atoms with Crippen LogP contribution in [0.2, 0.25) is 0 Å². The van der Waals surface area contributed by atoms with E-state index < -0.39 is 5.91 Å². The second-order valence-electron chi connectivity index (χ2n) is 4.45. The van der Waals surface area contributed by atoms with Gasteiger partial charge in [0, 0.05) is 17.3 Å². The van der Waals surface area contributed by atoms with Crippen molar-refractivity contribution in [3.63, 3.8) is 0 Å². The Kier molecular flexibility index (Phi) is 3.53. The minimum absolute atomic E-state index is 0.252. The van der Waals surface area contributed by atoms with Gasteiger partial charge in [0.05, 0.1) is 7.11 Å². The Morgan fingerprint density at radius 3 is 2.82 bits per heavy atom. The summed E-state index contributed by atoms with van der Waals surface area (Å²) in [5, 5.41) is 3.89. The van der Waals surface area contributed by atoms with Crippen LogP contribution in [0.5, 0.6) is 5.75 Å². The van der Waals surface area contributed by atoms with Crippen LogP contribution in [-0.4, -0.2) is 28.1 Å². The monoisotopic (exact) mass is 296 g/mol. The molecule has 7 nitrogen and oxygen atoms in total. The summed E-state index contributed by atoms with van der Waals surface area (Å²) in [4.78, 5) is 19.8. The molecule has 0 saturated carbocycles. The number of hydrogen-bond acceptors (Lipinski definition) is 6. The zero-order valence-electron chi connectivity index (χ0n) is 11.7. The molecular weight excluding hydrogens is 284 g/mol. The van der Waals surface area contributed by atoms with Crippen LogP contribution < -0.4 is 10.5 Å². The summed E-state index contributed by atoms with van der Waals surface area (Å²) in [6.07, 6.45) is 1.64. The van der Waals surface area contributed by atoms with Crippen LogP contribution in [0.15, 0.2) is 47.1 Å². The first-order chi connectivity index (χ1) is 10.7. The minimum Gasteiger partial charge on any atom is -0.497 e. The maximum Gasteiger partial charge on any atom is 0.258 e. The van der Waals surface area contributed by atoms with Gasteiger partial charge in [-0.15, -0.1) is 0 Å². The third kappa shape index (κ3) is 2.64. The predicted molar refractivity (Wildman–Crippen MR) is 78.0 cm³/mol. The number of rotatable bonds is 4. The van der Waals surface area contributed by atoms with E-state index in [4.69, 9.17) is 15.0 Å². The largest absolute Gasteiger partial charge is 0.497 e. The number of nitrogens with two attached hydrogens (primary N) is 1. The number of methoxy groups -OCH3 is 1. The highest BCUT2D eigenvalue weighted by molar-refractivity contribution is 5.94. The lowest BCUT2D eigenvalue weighted by molar-refractivity contribution is 0.1000. The van der Waals surface area contributed by atoms with Crippen molar-refractivity contribution >= 4 is 5.91 Å². The fraction of sp³-hybridized carbons (Fsp3) is 0.0667. The molecule has 2 heterocycles. The van der Waals surface area contributed by atoms with Crippen molar-refractivity contribution in [2.45, 2.75) is 0 Å². The number of amides is 1. The lowest BCUT2D eigenvalue weighted by Crippen LogP contribution is -2.11. The number of benzene rings is 1. The minimum atomic E-state index is -0.565. The van der Waals surface area contributed by atoms with Gasteiger partial charge in [0.25, 0.3) is 5.89 Å². The molecule has 2 aromatic heterocycles. The Hall–Kier alpha value is -3.22. The molecule has 0 unspecified atom stereocenters. The molecule has 0 saturated heterocycles. The molecule has 110 valence electrons. The molecule has 3 aromatic rings. The average Bonchev–Trinajstić information content (AvgIpc) is 3.05. The predicted octanol–water partition coefficient (Wildman–Crippen LogP) is 1.91. The second kappa shape index (κ2) is 5.65. The molecule has 0 fully saturated rings. The molecule has 0 aliphatic rings. The van der Waals surface area contributed by atoms with Crippen molar-refractivity contribution in [2.24, 2.45) is 5.73 Å². The van der Waals surface area contributed by atoms with E-state index in [1.54, 1.807) is 36.5 Å². The zero-order valence-corrected chi connectivity index (χ0v) is 11.7. The molecule has 2 N–H and O–H groups in total. The summed E-state index contributed by atoms with van der Waals surface area (Å²) >= 11 is 0. The van der Waals surface area contributed by atoms with E-state index in [0.29, 0.717) is 28.4 Å². The van der Waals surface area contributed by atoms with Crippen molar-refractivity contribution < 1.29 is 14.1 Å². The van der Waals surface area contributed by atoms with Crippen molar-refractivity contribution in [1.29, 1.82) is 0 Å². The summed E-state index contributed by atoms with van der Waals surface area (Å²) in [6.45, 7) is 0. The molecule has 3 rings (SSSR count). The summed E-state index contributed by atoms with van der Waals surface area (Å²) in [5.74, 6) is 0.523. The SMILES string of the molecule is COc1cc(C(N)=O)cc(-c2nc(-c3ccccn3)no2)c1. The maximum atomic E-state index is 11.4. The molecule has 0 spiro atoms. The van der Waals surface area contributed by atoms with Gasteiger partial charge in [0.1, 0.15) is 11.4 Å². The third-order valence-electron chi connectivity index (χ3n) is 2.99. The van der Waals surface area contributed by atoms with Gasteiger partial charge in [0.15, 0.2) is 0 Å². The third-order valence-corrected chi connectivity index (χ3v) is 2.99. The van der Waals surface area contributed by atoms with Crippen LogP contribution in [0.4, 0.5) is 0 Å². The highest BCUT2D eigenvalue weighted by Gasteiger charge is 2.14. The molecule has 0 aliphatic heterocycles. The van der Waals surface area contributed by atoms with Crippen molar-refractivity contribution in [3.8, 4) is 28.7 Å². The molecule has 0 atom stereocenters. The zero-order chi connectivity index (χ0) is 15.5. The molecule has 22 heavy (non-hydrogen) atoms. The standard InChI is InChI=1S/C15H12N4O3/c1-21-11-7-9(13(16)20)6-10(8-11)15-18-14(19-22-15)12-4-2-3-5-17-12/h2-8H,1H3,(H2,16,20). The highest BCUT2D eigenvalue weighted by Crippen LogP contribution is 2.26. The lowest BCUT2D eigenvalue weighted by Gasteiger charge is -2.04. The van der Waals surface area contributed by atoms with Gasteiger partial charge in [-0.05, 0) is 30.3 Å². The maximum absolute atomic E-state index is 11.4. The fourth-order valence-electron chi connectivity index (χ4n) is 1.92. The Bertz CT molecular complexity index is 815. The Morgan fingerprint density at radius 2 is 2.14 bits per heavy atom. The highest BCUT2D eigenvalue weighted by atomic mass is 16.5. The van der Waals surface area contributed by atoms with Gasteiger partial charge >= 0.3 is 0 Å². The molecule has 7 heteroatoms. The van der Waals surface area contributed by atoms with E-state index in [0.717, 1.165) is 0 Å². The van der Waals surface area contributed by atoms with Crippen LogP contribution in [0.1, 0.15) is 10.4 Å². The van der Waals surface area contributed by atoms with Crippen LogP contribution in [0.3, 0.4) is 0 Å². The summed E-state index contributed by atoms with van der Waals surface area (Å²) in [7, 11) is 1.50. The van der Waals surface area contributed by atoms with Gasteiger partial charge < -0.3 is 15.0 Å². The quantitative estimate of drug-likeness (QED) is 0.788. The topological polar surface area (TPSA) is 104 Å². The molecule has 1 amide bonds. The molecule has 1 aromatic carbocycles. The summed E-state index contributed by atoms with van der Waals surface area (Å²) in [6, 6.07) is 10.2. The smallest absolute Gasteiger partial charge is 0.258 e. The van der Waals surface area contributed by atoms with Crippen LogP contribution >= 0.6 is 0 Å². The number of primary amides is 1. The van der Waals surface area contributed by atoms with Gasteiger partial charge in [0.2, 0.25) is 11.7 Å². The van der Waals surface area contributed by atoms with Crippen molar-refractivity contribution in [3.05, 3.63) is 48.2 Å². The number of aromatic nitrogens is 3. The van der Waals surface area contributed by atoms with E-state index in [2.05, 4.69) is 15.1 Å². The van der Waals surface area contributed by atoms with E-state index in [9.17, 15) is 4.79 Å². The van der Waals surface area contributed by atoms with Gasteiger partial charge in [-0.1, -0.05) is 11.2 Å². The Morgan fingerprint density at radius 1 is 1.27 bits per heavy atom. The first kappa shape index (κ1) is 13.7. The van der Waals surface area contributed by atoms with E-state index in [-0.39, 0.29) is 5.89 Å². The lowest BCUT2D eigenvalue weighted by atomic mass is 10.1. The van der Waals surface area contributed by atoms with E-state index in [1.165, 1.54) is 7.11 Å². The molecule has 0 radical (unpaired) electrons. The van der Waals surface area contributed by atoms with E-state index >= 15 is 0 Å². The number of carbonyl (C=O) groups excluding carboxylic acids is 1. The number of nitrogens with zero attached hydrogens (tertiary/aromatic N) is 3. The van der Waals surface area contributed by atoms with Crippen LogP contribution in [0.25, 0.3) is 23.0 Å². The van der Waals surface area contributed by atoms with E-state index in [1.807, 2.05) is 6.07 Å². The molecule has 0 bridgehead atoms. The molecular formula is C15H12N4O3. The van der Waals surface area contributed by atoms with Gasteiger partial charge in [-0.3, -0.25) is 9.78 Å². The van der Waals surface area contributed by atoms with Gasteiger partial charge in [-0.25, -0.2) is 0 Å². The number of carbonyl (C=O) groups is 1. The normalized spacial score (nSPS) is 10.4. The second-order valence-corrected chi connectivity index (χ2v) is 4.45. The summed E-state index contributed by atoms with van der Waals surface area (Å²) < 4.78 is 10.4. The Balaban J connectivity index is 2.03. The van der Waals surface area contributed by atoms with Crippen LogP contribution in [-0.2, 0) is 0 Å². The summed E-state index contributed by atoms with van der Waals surface area (Å²) in [5.41, 5.74) is 6.74.